The number of halogens is 1. The number of rotatable bonds is 5. The van der Waals surface area contributed by atoms with Crippen LogP contribution in [0.4, 0.5) is 0 Å². The molecule has 2 heteroatoms. The number of hydrogen-bond donors (Lipinski definition) is 1. The van der Waals surface area contributed by atoms with Gasteiger partial charge in [-0.2, -0.15) is 0 Å². The molecule has 1 N–H and O–H groups in total. The van der Waals surface area contributed by atoms with E-state index in [0.717, 1.165) is 23.1 Å². The van der Waals surface area contributed by atoms with Crippen molar-refractivity contribution in [3.05, 3.63) is 69.7 Å². The predicted octanol–water partition coefficient (Wildman–Crippen LogP) is 5.07. The van der Waals surface area contributed by atoms with E-state index in [9.17, 15) is 5.11 Å². The molecular formula is C18H21ClO. The summed E-state index contributed by atoms with van der Waals surface area (Å²) in [7, 11) is 0. The summed E-state index contributed by atoms with van der Waals surface area (Å²) < 4.78 is 0. The highest BCUT2D eigenvalue weighted by Crippen LogP contribution is 2.28. The Kier molecular flexibility index (Phi) is 5.22. The van der Waals surface area contributed by atoms with E-state index in [1.165, 1.54) is 18.4 Å². The van der Waals surface area contributed by atoms with Crippen LogP contribution < -0.4 is 0 Å². The third-order valence-electron chi connectivity index (χ3n) is 3.72. The van der Waals surface area contributed by atoms with Crippen molar-refractivity contribution in [3.8, 4) is 0 Å². The first-order valence-electron chi connectivity index (χ1n) is 7.15. The molecule has 1 unspecified atom stereocenters. The summed E-state index contributed by atoms with van der Waals surface area (Å²) in [6, 6.07) is 13.9. The first-order valence-corrected chi connectivity index (χ1v) is 7.53. The van der Waals surface area contributed by atoms with Crippen LogP contribution in [0.2, 0.25) is 5.02 Å². The first kappa shape index (κ1) is 15.1. The molecule has 0 saturated carbocycles. The minimum Gasteiger partial charge on any atom is -0.384 e. The van der Waals surface area contributed by atoms with Crippen molar-refractivity contribution in [1.29, 1.82) is 0 Å². The Balaban J connectivity index is 2.20. The average Bonchev–Trinajstić information content (AvgIpc) is 2.48. The van der Waals surface area contributed by atoms with E-state index in [4.69, 9.17) is 11.6 Å². The average molecular weight is 289 g/mol. The summed E-state index contributed by atoms with van der Waals surface area (Å²) in [4.78, 5) is 0. The normalized spacial score (nSPS) is 12.4. The van der Waals surface area contributed by atoms with Gasteiger partial charge in [0.2, 0.25) is 0 Å². The maximum Gasteiger partial charge on any atom is 0.104 e. The molecule has 0 aliphatic carbocycles. The van der Waals surface area contributed by atoms with Crippen LogP contribution in [-0.2, 0) is 6.42 Å². The number of aliphatic hydroxyl groups is 1. The topological polar surface area (TPSA) is 20.2 Å². The maximum absolute atomic E-state index is 10.5. The van der Waals surface area contributed by atoms with Crippen molar-refractivity contribution < 1.29 is 5.11 Å². The van der Waals surface area contributed by atoms with Gasteiger partial charge < -0.3 is 5.11 Å². The zero-order valence-electron chi connectivity index (χ0n) is 12.1. The van der Waals surface area contributed by atoms with Crippen LogP contribution >= 0.6 is 11.6 Å². The largest absolute Gasteiger partial charge is 0.384 e. The third kappa shape index (κ3) is 3.41. The summed E-state index contributed by atoms with van der Waals surface area (Å²) in [6.45, 7) is 4.14. The minimum absolute atomic E-state index is 0.617. The van der Waals surface area contributed by atoms with Gasteiger partial charge in [-0.25, -0.2) is 0 Å². The summed E-state index contributed by atoms with van der Waals surface area (Å²) in [5.74, 6) is 0. The lowest BCUT2D eigenvalue weighted by Gasteiger charge is -2.15. The Morgan fingerprint density at radius 2 is 1.80 bits per heavy atom. The van der Waals surface area contributed by atoms with E-state index >= 15 is 0 Å². The van der Waals surface area contributed by atoms with Gasteiger partial charge >= 0.3 is 0 Å². The summed E-state index contributed by atoms with van der Waals surface area (Å²) in [5, 5.41) is 11.2. The molecule has 1 atom stereocenters. The molecule has 0 saturated heterocycles. The van der Waals surface area contributed by atoms with Crippen molar-refractivity contribution >= 4 is 11.6 Å². The van der Waals surface area contributed by atoms with E-state index in [2.05, 4.69) is 19.1 Å². The highest BCUT2D eigenvalue weighted by Gasteiger charge is 2.14. The van der Waals surface area contributed by atoms with Crippen LogP contribution in [0.15, 0.2) is 42.5 Å². The number of unbranched alkanes of at least 4 members (excludes halogenated alkanes) is 1. The number of aliphatic hydroxyl groups excluding tert-OH is 1. The fourth-order valence-corrected chi connectivity index (χ4v) is 2.53. The lowest BCUT2D eigenvalue weighted by Crippen LogP contribution is -2.02. The van der Waals surface area contributed by atoms with Gasteiger partial charge in [-0.05, 0) is 48.1 Å². The standard InChI is InChI=1S/C18H21ClO/c1-3-4-6-14-9-11-15(12-10-14)18(20)16-7-5-8-17(19)13(16)2/h5,7-12,18,20H,3-4,6H2,1-2H3. The molecule has 106 valence electrons. The van der Waals surface area contributed by atoms with E-state index in [-0.39, 0.29) is 0 Å². The number of benzene rings is 2. The zero-order chi connectivity index (χ0) is 14.5. The van der Waals surface area contributed by atoms with E-state index in [1.54, 1.807) is 0 Å². The zero-order valence-corrected chi connectivity index (χ0v) is 12.8. The van der Waals surface area contributed by atoms with Gasteiger partial charge in [-0.3, -0.25) is 0 Å². The highest BCUT2D eigenvalue weighted by molar-refractivity contribution is 6.31. The van der Waals surface area contributed by atoms with Crippen molar-refractivity contribution in [3.63, 3.8) is 0 Å². The van der Waals surface area contributed by atoms with Crippen molar-refractivity contribution in [2.45, 2.75) is 39.2 Å². The Bertz CT molecular complexity index is 560. The Hall–Kier alpha value is -1.31. The van der Waals surface area contributed by atoms with Gasteiger partial charge in [0.25, 0.3) is 0 Å². The summed E-state index contributed by atoms with van der Waals surface area (Å²) in [5.41, 5.74) is 4.05. The summed E-state index contributed by atoms with van der Waals surface area (Å²) >= 11 is 6.12. The molecule has 20 heavy (non-hydrogen) atoms. The van der Waals surface area contributed by atoms with Crippen molar-refractivity contribution in [1.82, 2.24) is 0 Å². The van der Waals surface area contributed by atoms with Gasteiger partial charge in [0.05, 0.1) is 0 Å². The Morgan fingerprint density at radius 1 is 1.10 bits per heavy atom. The monoisotopic (exact) mass is 288 g/mol. The van der Waals surface area contributed by atoms with E-state index < -0.39 is 6.10 Å². The third-order valence-corrected chi connectivity index (χ3v) is 4.13. The molecular weight excluding hydrogens is 268 g/mol. The van der Waals surface area contributed by atoms with Crippen LogP contribution in [0.3, 0.4) is 0 Å². The number of hydrogen-bond acceptors (Lipinski definition) is 1. The van der Waals surface area contributed by atoms with E-state index in [1.807, 2.05) is 37.3 Å². The van der Waals surface area contributed by atoms with Crippen LogP contribution in [-0.4, -0.2) is 5.11 Å². The first-order chi connectivity index (χ1) is 9.63. The molecule has 0 radical (unpaired) electrons. The van der Waals surface area contributed by atoms with Gasteiger partial charge in [0.15, 0.2) is 0 Å². The highest BCUT2D eigenvalue weighted by atomic mass is 35.5. The number of aryl methyl sites for hydroxylation is 1. The second kappa shape index (κ2) is 6.92. The lowest BCUT2D eigenvalue weighted by molar-refractivity contribution is 0.219. The van der Waals surface area contributed by atoms with Crippen LogP contribution in [0.25, 0.3) is 0 Å². The van der Waals surface area contributed by atoms with Crippen LogP contribution in [0.5, 0.6) is 0 Å². The minimum atomic E-state index is -0.617. The van der Waals surface area contributed by atoms with Crippen molar-refractivity contribution in [2.24, 2.45) is 0 Å². The molecule has 2 aromatic carbocycles. The quantitative estimate of drug-likeness (QED) is 0.814. The Morgan fingerprint density at radius 3 is 2.45 bits per heavy atom. The molecule has 0 heterocycles. The van der Waals surface area contributed by atoms with E-state index in [0.29, 0.717) is 5.02 Å². The predicted molar refractivity (Wildman–Crippen MR) is 85.3 cm³/mol. The molecule has 0 aromatic heterocycles. The van der Waals surface area contributed by atoms with Crippen LogP contribution in [0.1, 0.15) is 48.1 Å². The molecule has 2 aromatic rings. The van der Waals surface area contributed by atoms with Gasteiger partial charge in [-0.15, -0.1) is 0 Å². The summed E-state index contributed by atoms with van der Waals surface area (Å²) in [6.07, 6.45) is 2.89. The molecule has 0 aliphatic rings. The second-order valence-electron chi connectivity index (χ2n) is 5.20. The molecule has 2 rings (SSSR count). The molecule has 0 fully saturated rings. The SMILES string of the molecule is CCCCc1ccc(C(O)c2cccc(Cl)c2C)cc1. The van der Waals surface area contributed by atoms with Crippen LogP contribution in [0, 0.1) is 6.92 Å². The fraction of sp³-hybridized carbons (Fsp3) is 0.333. The van der Waals surface area contributed by atoms with Gasteiger partial charge in [-0.1, -0.05) is 61.3 Å². The molecule has 0 bridgehead atoms. The smallest absolute Gasteiger partial charge is 0.104 e. The maximum atomic E-state index is 10.5. The fourth-order valence-electron chi connectivity index (χ4n) is 2.35. The molecule has 0 aliphatic heterocycles. The van der Waals surface area contributed by atoms with Gasteiger partial charge in [0, 0.05) is 5.02 Å². The molecule has 0 amide bonds. The van der Waals surface area contributed by atoms with Gasteiger partial charge in [0.1, 0.15) is 6.10 Å². The second-order valence-corrected chi connectivity index (χ2v) is 5.61. The van der Waals surface area contributed by atoms with Crippen molar-refractivity contribution in [2.75, 3.05) is 0 Å². The Labute approximate surface area is 126 Å². The molecule has 1 nitrogen and oxygen atoms in total. The molecule has 0 spiro atoms. The lowest BCUT2D eigenvalue weighted by atomic mass is 9.96.